The predicted octanol–water partition coefficient (Wildman–Crippen LogP) is 0.579. The van der Waals surface area contributed by atoms with Gasteiger partial charge in [0, 0.05) is 14.1 Å². The number of piperidine rings is 1. The van der Waals surface area contributed by atoms with Crippen molar-refractivity contribution in [2.45, 2.75) is 31.7 Å². The molecule has 0 radical (unpaired) electrons. The van der Waals surface area contributed by atoms with E-state index in [1.165, 1.54) is 14.0 Å². The van der Waals surface area contributed by atoms with Crippen molar-refractivity contribution >= 4 is 11.7 Å². The van der Waals surface area contributed by atoms with E-state index in [2.05, 4.69) is 15.6 Å². The summed E-state index contributed by atoms with van der Waals surface area (Å²) in [5, 5.41) is 5.70. The van der Waals surface area contributed by atoms with Crippen LogP contribution in [0.5, 0.6) is 0 Å². The van der Waals surface area contributed by atoms with Crippen LogP contribution < -0.4 is 10.6 Å². The van der Waals surface area contributed by atoms with Gasteiger partial charge in [-0.25, -0.2) is 0 Å². The molecule has 2 aliphatic rings. The summed E-state index contributed by atoms with van der Waals surface area (Å²) in [5.41, 5.74) is 0. The lowest BCUT2D eigenvalue weighted by Crippen LogP contribution is -2.54. The van der Waals surface area contributed by atoms with Crippen LogP contribution in [0.3, 0.4) is 0 Å². The summed E-state index contributed by atoms with van der Waals surface area (Å²) in [4.78, 5) is 16.2. The van der Waals surface area contributed by atoms with Crippen molar-refractivity contribution in [2.75, 3.05) is 20.6 Å². The Kier molecular flexibility index (Phi) is 3.95. The molecule has 1 aliphatic heterocycles. The van der Waals surface area contributed by atoms with E-state index in [0.29, 0.717) is 11.8 Å². The van der Waals surface area contributed by atoms with Crippen LogP contribution in [0.25, 0.3) is 0 Å². The number of hydrogen-bond donors (Lipinski definition) is 2. The number of nitrogens with zero attached hydrogens (tertiary/aromatic N) is 2. The molecular formula is C12H19F3N4O. The fourth-order valence-corrected chi connectivity index (χ4v) is 2.69. The minimum Gasteiger partial charge on any atom is -0.336 e. The second-order valence-corrected chi connectivity index (χ2v) is 5.39. The maximum absolute atomic E-state index is 12.7. The molecule has 1 saturated carbocycles. The highest BCUT2D eigenvalue weighted by atomic mass is 19.4. The minimum absolute atomic E-state index is 0.244. The summed E-state index contributed by atoms with van der Waals surface area (Å²) < 4.78 is 38.2. The number of aliphatic imine (C=N–C) groups is 1. The van der Waals surface area contributed by atoms with Crippen molar-refractivity contribution in [3.63, 3.8) is 0 Å². The normalized spacial score (nSPS) is 30.7. The van der Waals surface area contributed by atoms with Gasteiger partial charge in [0.05, 0.1) is 12.2 Å². The van der Waals surface area contributed by atoms with Crippen LogP contribution in [0.15, 0.2) is 4.99 Å². The van der Waals surface area contributed by atoms with E-state index in [0.717, 1.165) is 24.9 Å². The highest BCUT2D eigenvalue weighted by Gasteiger charge is 2.51. The summed E-state index contributed by atoms with van der Waals surface area (Å²) in [7, 11) is 2.35. The van der Waals surface area contributed by atoms with Gasteiger partial charge >= 0.3 is 6.18 Å². The van der Waals surface area contributed by atoms with Crippen LogP contribution in [0.2, 0.25) is 0 Å². The summed E-state index contributed by atoms with van der Waals surface area (Å²) in [6.45, 7) is 2.32. The number of amidine groups is 1. The number of rotatable bonds is 3. The third kappa shape index (κ3) is 2.89. The largest absolute Gasteiger partial charge is 0.449 e. The number of fused-ring (bicyclic) bond motifs is 1. The van der Waals surface area contributed by atoms with Crippen LogP contribution in [-0.4, -0.2) is 55.7 Å². The maximum Gasteiger partial charge on any atom is 0.449 e. The number of hydrogen-bond acceptors (Lipinski definition) is 3. The first-order valence-corrected chi connectivity index (χ1v) is 6.56. The smallest absolute Gasteiger partial charge is 0.336 e. The first-order valence-electron chi connectivity index (χ1n) is 6.56. The zero-order valence-electron chi connectivity index (χ0n) is 11.7. The first kappa shape index (κ1) is 15.1. The van der Waals surface area contributed by atoms with Gasteiger partial charge in [0.2, 0.25) is 11.7 Å². The summed E-state index contributed by atoms with van der Waals surface area (Å²) >= 11 is 0. The summed E-state index contributed by atoms with van der Waals surface area (Å²) in [5.74, 6) is -0.350. The Hall–Kier alpha value is -1.31. The number of amides is 1. The van der Waals surface area contributed by atoms with E-state index in [4.69, 9.17) is 0 Å². The molecule has 0 bridgehead atoms. The van der Waals surface area contributed by atoms with Gasteiger partial charge in [0.15, 0.2) is 0 Å². The maximum atomic E-state index is 12.7. The van der Waals surface area contributed by atoms with Gasteiger partial charge in [-0.1, -0.05) is 0 Å². The van der Waals surface area contributed by atoms with Crippen LogP contribution >= 0.6 is 0 Å². The highest BCUT2D eigenvalue weighted by molar-refractivity contribution is 5.88. The molecule has 1 saturated heterocycles. The van der Waals surface area contributed by atoms with E-state index in [1.807, 2.05) is 0 Å². The average molecular weight is 292 g/mol. The van der Waals surface area contributed by atoms with Gasteiger partial charge in [-0.15, -0.1) is 0 Å². The molecule has 4 atom stereocenters. The second kappa shape index (κ2) is 5.23. The Morgan fingerprint density at radius 2 is 2.15 bits per heavy atom. The Labute approximate surface area is 115 Å². The van der Waals surface area contributed by atoms with Gasteiger partial charge in [0.1, 0.15) is 0 Å². The van der Waals surface area contributed by atoms with E-state index < -0.39 is 18.2 Å². The molecular weight excluding hydrogens is 273 g/mol. The topological polar surface area (TPSA) is 56.7 Å². The van der Waals surface area contributed by atoms with E-state index in [-0.39, 0.29) is 11.9 Å². The molecule has 20 heavy (non-hydrogen) atoms. The lowest BCUT2D eigenvalue weighted by Gasteiger charge is -2.30. The summed E-state index contributed by atoms with van der Waals surface area (Å²) in [6, 6.07) is -0.274. The zero-order valence-corrected chi connectivity index (χ0v) is 11.7. The predicted molar refractivity (Wildman–Crippen MR) is 68.2 cm³/mol. The zero-order chi connectivity index (χ0) is 15.1. The molecule has 8 heteroatoms. The van der Waals surface area contributed by atoms with Crippen molar-refractivity contribution < 1.29 is 18.0 Å². The van der Waals surface area contributed by atoms with Gasteiger partial charge in [-0.05, 0) is 31.7 Å². The Bertz CT molecular complexity index is 423. The number of carbonyl (C=O) groups is 1. The van der Waals surface area contributed by atoms with Crippen molar-refractivity contribution in [1.82, 2.24) is 15.5 Å². The molecule has 2 N–H and O–H groups in total. The van der Waals surface area contributed by atoms with Gasteiger partial charge in [0.25, 0.3) is 0 Å². The van der Waals surface area contributed by atoms with Gasteiger partial charge in [-0.3, -0.25) is 9.79 Å². The lowest BCUT2D eigenvalue weighted by molar-refractivity contribution is -0.125. The number of nitrogens with one attached hydrogen (secondary N) is 2. The van der Waals surface area contributed by atoms with Gasteiger partial charge < -0.3 is 15.5 Å². The van der Waals surface area contributed by atoms with Crippen molar-refractivity contribution in [2.24, 2.45) is 16.8 Å². The van der Waals surface area contributed by atoms with Crippen LogP contribution in [0.4, 0.5) is 13.2 Å². The summed E-state index contributed by atoms with van der Waals surface area (Å²) in [6.07, 6.45) is -4.28. The Morgan fingerprint density at radius 3 is 2.55 bits per heavy atom. The minimum atomic E-state index is -4.53. The molecule has 0 spiro atoms. The molecule has 5 nitrogen and oxygen atoms in total. The van der Waals surface area contributed by atoms with Gasteiger partial charge in [-0.2, -0.15) is 13.2 Å². The third-order valence-electron chi connectivity index (χ3n) is 4.02. The van der Waals surface area contributed by atoms with Crippen molar-refractivity contribution in [3.05, 3.63) is 0 Å². The molecule has 114 valence electrons. The van der Waals surface area contributed by atoms with Crippen molar-refractivity contribution in [3.8, 4) is 0 Å². The molecule has 1 aliphatic carbocycles. The molecule has 3 unspecified atom stereocenters. The number of carbonyl (C=O) groups excluding carboxylic acids is 1. The Morgan fingerprint density at radius 1 is 1.50 bits per heavy atom. The molecule has 2 rings (SSSR count). The monoisotopic (exact) mass is 292 g/mol. The number of halogens is 3. The second-order valence-electron chi connectivity index (χ2n) is 5.39. The first-order chi connectivity index (χ1) is 9.25. The number of alkyl halides is 3. The average Bonchev–Trinajstić information content (AvgIpc) is 2.98. The standard InChI is InChI=1S/C12H19F3N4O/c1-6(19(3)11(16-2)12(13,14)15)18-10(20)9-8-4-7(8)5-17-9/h6-9,17H,4-5H2,1-3H3,(H,18,20)/b16-11-/t6?,7-,8?,9?/m0/s1. The fourth-order valence-electron chi connectivity index (χ4n) is 2.69. The molecule has 0 aromatic heterocycles. The quantitative estimate of drug-likeness (QED) is 0.454. The molecule has 2 fully saturated rings. The molecule has 1 heterocycles. The van der Waals surface area contributed by atoms with E-state index in [9.17, 15) is 18.0 Å². The molecule has 1 amide bonds. The van der Waals surface area contributed by atoms with Crippen molar-refractivity contribution in [1.29, 1.82) is 0 Å². The third-order valence-corrected chi connectivity index (χ3v) is 4.02. The van der Waals surface area contributed by atoms with Crippen LogP contribution in [-0.2, 0) is 4.79 Å². The molecule has 0 aromatic carbocycles. The van der Waals surface area contributed by atoms with Crippen LogP contribution in [0, 0.1) is 11.8 Å². The molecule has 0 aromatic rings. The van der Waals surface area contributed by atoms with E-state index >= 15 is 0 Å². The lowest BCUT2D eigenvalue weighted by atomic mass is 10.2. The SMILES string of the molecule is C/N=C(\N(C)C(C)NC(=O)C1NC[C@@H]2CC12)C(F)(F)F. The highest BCUT2D eigenvalue weighted by Crippen LogP contribution is 2.45. The fraction of sp³-hybridized carbons (Fsp3) is 0.833. The van der Waals surface area contributed by atoms with E-state index in [1.54, 1.807) is 0 Å². The van der Waals surface area contributed by atoms with Crippen LogP contribution in [0.1, 0.15) is 13.3 Å². The Balaban J connectivity index is 1.93.